The third kappa shape index (κ3) is 6.95. The summed E-state index contributed by atoms with van der Waals surface area (Å²) in [6.07, 6.45) is -1.91. The van der Waals surface area contributed by atoms with Crippen molar-refractivity contribution in [3.63, 3.8) is 0 Å². The topological polar surface area (TPSA) is 62.4 Å². The van der Waals surface area contributed by atoms with Crippen LogP contribution in [0.2, 0.25) is 10.0 Å². The summed E-state index contributed by atoms with van der Waals surface area (Å²) in [5.74, 6) is 0. The molecule has 128 valence electrons. The molecule has 1 aromatic carbocycles. The lowest BCUT2D eigenvalue weighted by atomic mass is 10.3. The van der Waals surface area contributed by atoms with Crippen molar-refractivity contribution in [3.05, 3.63) is 28.2 Å². The van der Waals surface area contributed by atoms with E-state index in [1.165, 1.54) is 0 Å². The Kier molecular flexibility index (Phi) is 8.27. The molecule has 0 aliphatic rings. The highest BCUT2D eigenvalue weighted by Crippen LogP contribution is 2.31. The predicted octanol–water partition coefficient (Wildman–Crippen LogP) is 4.72. The van der Waals surface area contributed by atoms with Gasteiger partial charge in [-0.25, -0.2) is 4.79 Å². The number of rotatable bonds is 4. The van der Waals surface area contributed by atoms with Crippen LogP contribution in [0.3, 0.4) is 0 Å². The molecule has 1 rings (SSSR count). The molecule has 0 unspecified atom stereocenters. The second-order valence-electron chi connectivity index (χ2n) is 4.03. The summed E-state index contributed by atoms with van der Waals surface area (Å²) in [4.78, 5) is 11.5. The zero-order valence-electron chi connectivity index (χ0n) is 11.6. The van der Waals surface area contributed by atoms with Crippen LogP contribution in [-0.4, -0.2) is 27.8 Å². The molecule has 0 saturated carbocycles. The standard InChI is InChI=1S/C12H12Cl5N3O2S/c1-2-22-11(21)20-9(12(15,16)17)19-10(23)18-8-6(13)4-3-5-7(8)14/h3-5,9H,2H2,1H3,(H,20,21)(H2,18,19,23)/t9-/m1/s1. The number of ether oxygens (including phenoxy) is 1. The van der Waals surface area contributed by atoms with Gasteiger partial charge in [0.15, 0.2) is 11.3 Å². The second-order valence-corrected chi connectivity index (χ2v) is 7.63. The third-order valence-corrected chi connectivity index (χ3v) is 3.85. The zero-order valence-corrected chi connectivity index (χ0v) is 16.2. The van der Waals surface area contributed by atoms with Crippen molar-refractivity contribution in [1.82, 2.24) is 10.6 Å². The Balaban J connectivity index is 2.79. The Bertz CT molecular complexity index is 562. The Morgan fingerprint density at radius 2 is 1.83 bits per heavy atom. The van der Waals surface area contributed by atoms with Gasteiger partial charge in [0.1, 0.15) is 0 Å². The number of amides is 1. The first-order valence-electron chi connectivity index (χ1n) is 6.16. The van der Waals surface area contributed by atoms with E-state index < -0.39 is 16.1 Å². The molecule has 0 bridgehead atoms. The smallest absolute Gasteiger partial charge is 0.408 e. The van der Waals surface area contributed by atoms with E-state index in [-0.39, 0.29) is 11.7 Å². The normalized spacial score (nSPS) is 12.3. The molecule has 0 spiro atoms. The number of carbonyl (C=O) groups is 1. The number of benzene rings is 1. The number of alkyl halides is 3. The molecule has 1 amide bonds. The maximum absolute atomic E-state index is 11.5. The first kappa shape index (κ1) is 20.7. The largest absolute Gasteiger partial charge is 0.450 e. The highest BCUT2D eigenvalue weighted by atomic mass is 35.6. The van der Waals surface area contributed by atoms with Gasteiger partial charge in [-0.2, -0.15) is 0 Å². The van der Waals surface area contributed by atoms with Gasteiger partial charge in [-0.05, 0) is 31.3 Å². The van der Waals surface area contributed by atoms with E-state index in [1.807, 2.05) is 0 Å². The Morgan fingerprint density at radius 1 is 1.26 bits per heavy atom. The van der Waals surface area contributed by atoms with Gasteiger partial charge >= 0.3 is 6.09 Å². The highest BCUT2D eigenvalue weighted by molar-refractivity contribution is 7.80. The molecular formula is C12H12Cl5N3O2S. The van der Waals surface area contributed by atoms with Crippen LogP contribution < -0.4 is 16.0 Å². The minimum atomic E-state index is -1.89. The zero-order chi connectivity index (χ0) is 17.6. The third-order valence-electron chi connectivity index (χ3n) is 2.34. The van der Waals surface area contributed by atoms with Gasteiger partial charge in [0, 0.05) is 0 Å². The minimum Gasteiger partial charge on any atom is -0.450 e. The summed E-state index contributed by atoms with van der Waals surface area (Å²) in [5, 5.41) is 8.50. The highest BCUT2D eigenvalue weighted by Gasteiger charge is 2.35. The fourth-order valence-electron chi connectivity index (χ4n) is 1.39. The number of hydrogen-bond acceptors (Lipinski definition) is 3. The number of carbonyl (C=O) groups excluding carboxylic acids is 1. The van der Waals surface area contributed by atoms with Crippen molar-refractivity contribution in [2.45, 2.75) is 16.9 Å². The summed E-state index contributed by atoms with van der Waals surface area (Å²) in [5.41, 5.74) is 0.382. The number of para-hydroxylation sites is 1. The summed E-state index contributed by atoms with van der Waals surface area (Å²) in [7, 11) is 0. The first-order valence-corrected chi connectivity index (χ1v) is 8.46. The lowest BCUT2D eigenvalue weighted by Gasteiger charge is -2.27. The maximum atomic E-state index is 11.5. The van der Waals surface area contributed by atoms with E-state index in [4.69, 9.17) is 75.0 Å². The Morgan fingerprint density at radius 3 is 2.30 bits per heavy atom. The fourth-order valence-corrected chi connectivity index (χ4v) is 2.43. The van der Waals surface area contributed by atoms with E-state index in [0.29, 0.717) is 15.7 Å². The van der Waals surface area contributed by atoms with Crippen LogP contribution in [0.15, 0.2) is 18.2 Å². The molecule has 3 N–H and O–H groups in total. The molecule has 0 aromatic heterocycles. The molecule has 1 aromatic rings. The van der Waals surface area contributed by atoms with Crippen LogP contribution in [0.5, 0.6) is 0 Å². The summed E-state index contributed by atoms with van der Waals surface area (Å²) in [6, 6.07) is 4.93. The van der Waals surface area contributed by atoms with Crippen LogP contribution in [-0.2, 0) is 4.74 Å². The summed E-state index contributed by atoms with van der Waals surface area (Å²) in [6.45, 7) is 1.80. The number of anilines is 1. The van der Waals surface area contributed by atoms with Crippen molar-refractivity contribution in [1.29, 1.82) is 0 Å². The van der Waals surface area contributed by atoms with Crippen LogP contribution in [0, 0.1) is 0 Å². The number of hydrogen-bond donors (Lipinski definition) is 3. The van der Waals surface area contributed by atoms with Gasteiger partial charge in [0.05, 0.1) is 22.3 Å². The molecular weight excluding hydrogens is 427 g/mol. The van der Waals surface area contributed by atoms with Gasteiger partial charge < -0.3 is 15.4 Å². The van der Waals surface area contributed by atoms with Crippen LogP contribution in [0.4, 0.5) is 10.5 Å². The van der Waals surface area contributed by atoms with E-state index in [1.54, 1.807) is 25.1 Å². The molecule has 1 atom stereocenters. The van der Waals surface area contributed by atoms with Gasteiger partial charge in [-0.15, -0.1) is 0 Å². The molecule has 0 fully saturated rings. The first-order chi connectivity index (χ1) is 10.6. The molecule has 11 heteroatoms. The number of alkyl carbamates (subject to hydrolysis) is 1. The van der Waals surface area contributed by atoms with Crippen molar-refractivity contribution < 1.29 is 9.53 Å². The van der Waals surface area contributed by atoms with Gasteiger partial charge in [0.25, 0.3) is 0 Å². The molecule has 0 aliphatic carbocycles. The Hall–Kier alpha value is -0.370. The van der Waals surface area contributed by atoms with Crippen molar-refractivity contribution in [3.8, 4) is 0 Å². The molecule has 0 saturated heterocycles. The van der Waals surface area contributed by atoms with E-state index in [2.05, 4.69) is 16.0 Å². The lowest BCUT2D eigenvalue weighted by molar-refractivity contribution is 0.147. The van der Waals surface area contributed by atoms with Crippen molar-refractivity contribution >= 4 is 87.1 Å². The summed E-state index contributed by atoms with van der Waals surface area (Å²) >= 11 is 34.6. The minimum absolute atomic E-state index is 0.0353. The van der Waals surface area contributed by atoms with Crippen molar-refractivity contribution in [2.75, 3.05) is 11.9 Å². The summed E-state index contributed by atoms with van der Waals surface area (Å²) < 4.78 is 2.85. The maximum Gasteiger partial charge on any atom is 0.408 e. The quantitative estimate of drug-likeness (QED) is 0.360. The average molecular weight is 440 g/mol. The SMILES string of the molecule is CCOC(=O)N[C@@H](NC(=S)Nc1c(Cl)cccc1Cl)C(Cl)(Cl)Cl. The van der Waals surface area contributed by atoms with E-state index in [9.17, 15) is 4.79 Å². The molecule has 5 nitrogen and oxygen atoms in total. The Labute approximate surface area is 163 Å². The molecule has 0 radical (unpaired) electrons. The van der Waals surface area contributed by atoms with Crippen LogP contribution in [0.1, 0.15) is 6.92 Å². The van der Waals surface area contributed by atoms with Gasteiger partial charge in [-0.3, -0.25) is 5.32 Å². The van der Waals surface area contributed by atoms with Gasteiger partial charge in [-0.1, -0.05) is 64.1 Å². The van der Waals surface area contributed by atoms with Crippen LogP contribution in [0.25, 0.3) is 0 Å². The molecule has 0 heterocycles. The number of thiocarbonyl (C=S) groups is 1. The monoisotopic (exact) mass is 437 g/mol. The average Bonchev–Trinajstić information content (AvgIpc) is 2.41. The van der Waals surface area contributed by atoms with Gasteiger partial charge in [0.2, 0.25) is 3.79 Å². The number of halogens is 5. The molecule has 0 aliphatic heterocycles. The lowest BCUT2D eigenvalue weighted by Crippen LogP contribution is -2.56. The van der Waals surface area contributed by atoms with Crippen molar-refractivity contribution in [2.24, 2.45) is 0 Å². The fraction of sp³-hybridized carbons (Fsp3) is 0.333. The predicted molar refractivity (Wildman–Crippen MR) is 100 cm³/mol. The molecule has 23 heavy (non-hydrogen) atoms. The van der Waals surface area contributed by atoms with Crippen LogP contribution >= 0.6 is 70.2 Å². The second kappa shape index (κ2) is 9.20. The van der Waals surface area contributed by atoms with E-state index >= 15 is 0 Å². The van der Waals surface area contributed by atoms with E-state index in [0.717, 1.165) is 0 Å². The number of nitrogens with one attached hydrogen (secondary N) is 3.